The van der Waals surface area contributed by atoms with Gasteiger partial charge in [0.25, 0.3) is 0 Å². The Kier molecular flexibility index (Phi) is 8.66. The molecule has 5 nitrogen and oxygen atoms in total. The molecule has 2 aromatic carbocycles. The summed E-state index contributed by atoms with van der Waals surface area (Å²) in [5.74, 6) is -3.15. The molecule has 0 aliphatic heterocycles. The summed E-state index contributed by atoms with van der Waals surface area (Å²) in [6, 6.07) is 14.7. The van der Waals surface area contributed by atoms with Crippen molar-refractivity contribution in [3.05, 3.63) is 59.2 Å². The third-order valence-corrected chi connectivity index (χ3v) is 5.99. The molecule has 0 saturated heterocycles. The molecule has 2 aromatic rings. The summed E-state index contributed by atoms with van der Waals surface area (Å²) in [4.78, 5) is 20.3. The van der Waals surface area contributed by atoms with Crippen LogP contribution in [-0.4, -0.2) is 29.2 Å². The van der Waals surface area contributed by atoms with E-state index in [1.807, 2.05) is 18.2 Å². The van der Waals surface area contributed by atoms with Crippen LogP contribution in [0.4, 0.5) is 13.2 Å². The maximum absolute atomic E-state index is 11.4. The molecule has 4 N–H and O–H groups in total. The maximum atomic E-state index is 11.4. The molecule has 1 fully saturated rings. The van der Waals surface area contributed by atoms with Crippen molar-refractivity contribution < 1.29 is 27.9 Å². The monoisotopic (exact) mass is 464 g/mol. The third-order valence-electron chi connectivity index (χ3n) is 5.99. The maximum Gasteiger partial charge on any atom is 0.490 e. The largest absolute Gasteiger partial charge is 0.490 e. The first kappa shape index (κ1) is 26.4. The van der Waals surface area contributed by atoms with Gasteiger partial charge >= 0.3 is 12.1 Å². The quantitative estimate of drug-likeness (QED) is 0.548. The van der Waals surface area contributed by atoms with Gasteiger partial charge < -0.3 is 16.2 Å². The zero-order valence-electron chi connectivity index (χ0n) is 19.1. The number of benzene rings is 2. The van der Waals surface area contributed by atoms with E-state index in [-0.39, 0.29) is 5.91 Å². The molecule has 0 radical (unpaired) electrons. The van der Waals surface area contributed by atoms with Crippen molar-refractivity contribution in [2.75, 3.05) is 0 Å². The molecule has 0 unspecified atom stereocenters. The van der Waals surface area contributed by atoms with Crippen molar-refractivity contribution >= 4 is 11.9 Å². The van der Waals surface area contributed by atoms with E-state index in [4.69, 9.17) is 15.6 Å². The van der Waals surface area contributed by atoms with Crippen LogP contribution >= 0.6 is 0 Å². The van der Waals surface area contributed by atoms with E-state index in [2.05, 4.69) is 44.3 Å². The number of carbonyl (C=O) groups is 2. The minimum absolute atomic E-state index is 0.389. The first-order valence-electron chi connectivity index (χ1n) is 10.8. The summed E-state index contributed by atoms with van der Waals surface area (Å²) >= 11 is 0. The predicted octanol–water partition coefficient (Wildman–Crippen LogP) is 5.45. The molecule has 0 spiro atoms. The fourth-order valence-electron chi connectivity index (χ4n) is 3.78. The zero-order valence-corrected chi connectivity index (χ0v) is 19.1. The van der Waals surface area contributed by atoms with Crippen LogP contribution < -0.4 is 11.1 Å². The Morgan fingerprint density at radius 3 is 2.18 bits per heavy atom. The minimum atomic E-state index is -5.08. The average Bonchev–Trinajstić information content (AvgIpc) is 2.73. The first-order valence-corrected chi connectivity index (χ1v) is 10.8. The number of nitrogens with one attached hydrogen (secondary N) is 1. The first-order chi connectivity index (χ1) is 15.3. The predicted molar refractivity (Wildman–Crippen MR) is 122 cm³/mol. The summed E-state index contributed by atoms with van der Waals surface area (Å²) in [6.07, 6.45) is 0.0612. The van der Waals surface area contributed by atoms with Gasteiger partial charge in [0.1, 0.15) is 0 Å². The van der Waals surface area contributed by atoms with Crippen LogP contribution in [0.3, 0.4) is 0 Å². The highest BCUT2D eigenvalue weighted by Gasteiger charge is 2.38. The molecule has 0 bridgehead atoms. The Morgan fingerprint density at radius 2 is 1.67 bits per heavy atom. The number of hydrogen-bond donors (Lipinski definition) is 3. The highest BCUT2D eigenvalue weighted by molar-refractivity contribution is 5.94. The molecular weight excluding hydrogens is 433 g/mol. The molecule has 1 aliphatic rings. The highest BCUT2D eigenvalue weighted by atomic mass is 19.4. The van der Waals surface area contributed by atoms with Crippen molar-refractivity contribution in [1.29, 1.82) is 0 Å². The molecule has 1 aliphatic carbocycles. The second kappa shape index (κ2) is 10.8. The van der Waals surface area contributed by atoms with Crippen LogP contribution in [0.15, 0.2) is 42.5 Å². The van der Waals surface area contributed by atoms with Crippen LogP contribution in [0, 0.1) is 12.3 Å². The highest BCUT2D eigenvalue weighted by Crippen LogP contribution is 2.35. The van der Waals surface area contributed by atoms with Gasteiger partial charge in [-0.05, 0) is 72.4 Å². The zero-order chi connectivity index (χ0) is 24.8. The number of amides is 1. The van der Waals surface area contributed by atoms with Crippen LogP contribution in [0.25, 0.3) is 11.1 Å². The van der Waals surface area contributed by atoms with Gasteiger partial charge in [0.15, 0.2) is 0 Å². The molecule has 8 heteroatoms. The number of nitrogens with two attached hydrogens (primary N) is 1. The SMILES string of the molecule is Cc1cc(-c2cccc(C(N)=O)c2)ccc1CNC1CCC(C)(C)CC1.O=C(O)C(F)(F)F. The van der Waals surface area contributed by atoms with E-state index in [0.29, 0.717) is 17.0 Å². The number of carboxylic acid groups (broad SMARTS) is 1. The van der Waals surface area contributed by atoms with Crippen LogP contribution in [0.1, 0.15) is 61.0 Å². The number of carbonyl (C=O) groups excluding carboxylic acids is 1. The Bertz CT molecular complexity index is 977. The third kappa shape index (κ3) is 8.20. The second-order valence-electron chi connectivity index (χ2n) is 9.21. The summed E-state index contributed by atoms with van der Waals surface area (Å²) < 4.78 is 31.7. The number of carboxylic acids is 1. The number of alkyl halides is 3. The number of rotatable bonds is 5. The van der Waals surface area contributed by atoms with Gasteiger partial charge in [-0.2, -0.15) is 13.2 Å². The van der Waals surface area contributed by atoms with E-state index in [9.17, 15) is 18.0 Å². The van der Waals surface area contributed by atoms with Crippen molar-refractivity contribution in [3.63, 3.8) is 0 Å². The van der Waals surface area contributed by atoms with Gasteiger partial charge in [0, 0.05) is 18.2 Å². The molecule has 0 aromatic heterocycles. The van der Waals surface area contributed by atoms with Crippen LogP contribution in [0.2, 0.25) is 0 Å². The molecule has 1 saturated carbocycles. The fourth-order valence-corrected chi connectivity index (χ4v) is 3.78. The molecule has 1 amide bonds. The van der Waals surface area contributed by atoms with Crippen LogP contribution in [-0.2, 0) is 11.3 Å². The van der Waals surface area contributed by atoms with Gasteiger partial charge in [-0.15, -0.1) is 0 Å². The molecular formula is C25H31F3N2O3. The Hall–Kier alpha value is -2.87. The lowest BCUT2D eigenvalue weighted by molar-refractivity contribution is -0.192. The standard InChI is InChI=1S/C23H30N2O.C2HF3O2/c1-16-13-18(17-5-4-6-19(14-17)22(24)26)7-8-20(16)15-25-21-9-11-23(2,3)12-10-21;3-2(4,5)1(6)7/h4-8,13-14,21,25H,9-12,15H2,1-3H3,(H2,24,26);(H,6,7). The average molecular weight is 465 g/mol. The van der Waals surface area contributed by atoms with Gasteiger partial charge in [0.2, 0.25) is 5.91 Å². The van der Waals surface area contributed by atoms with E-state index in [1.54, 1.807) is 6.07 Å². The molecule has 33 heavy (non-hydrogen) atoms. The molecule has 0 heterocycles. The van der Waals surface area contributed by atoms with E-state index in [1.165, 1.54) is 36.8 Å². The minimum Gasteiger partial charge on any atom is -0.475 e. The smallest absolute Gasteiger partial charge is 0.475 e. The number of aliphatic carboxylic acids is 1. The summed E-state index contributed by atoms with van der Waals surface area (Å²) in [6.45, 7) is 7.82. The lowest BCUT2D eigenvalue weighted by Gasteiger charge is -2.34. The summed E-state index contributed by atoms with van der Waals surface area (Å²) in [5.41, 5.74) is 11.2. The van der Waals surface area contributed by atoms with Crippen molar-refractivity contribution in [2.24, 2.45) is 11.1 Å². The Labute approximate surface area is 192 Å². The number of halogens is 3. The summed E-state index contributed by atoms with van der Waals surface area (Å²) in [5, 5.41) is 10.9. The molecule has 0 atom stereocenters. The van der Waals surface area contributed by atoms with E-state index in [0.717, 1.165) is 17.7 Å². The van der Waals surface area contributed by atoms with Crippen molar-refractivity contribution in [1.82, 2.24) is 5.32 Å². The Balaban J connectivity index is 0.000000479. The number of aryl methyl sites for hydroxylation is 1. The van der Waals surface area contributed by atoms with E-state index < -0.39 is 12.1 Å². The molecule has 3 rings (SSSR count). The Morgan fingerprint density at radius 1 is 1.09 bits per heavy atom. The van der Waals surface area contributed by atoms with Gasteiger partial charge in [0.05, 0.1) is 0 Å². The van der Waals surface area contributed by atoms with Crippen molar-refractivity contribution in [2.45, 2.75) is 65.2 Å². The number of primary amides is 1. The van der Waals surface area contributed by atoms with Crippen molar-refractivity contribution in [3.8, 4) is 11.1 Å². The van der Waals surface area contributed by atoms with E-state index >= 15 is 0 Å². The van der Waals surface area contributed by atoms with Gasteiger partial charge in [-0.25, -0.2) is 4.79 Å². The normalized spacial score (nSPS) is 15.9. The number of hydrogen-bond acceptors (Lipinski definition) is 3. The summed E-state index contributed by atoms with van der Waals surface area (Å²) in [7, 11) is 0. The molecule has 180 valence electrons. The van der Waals surface area contributed by atoms with Gasteiger partial charge in [-0.3, -0.25) is 4.79 Å². The second-order valence-corrected chi connectivity index (χ2v) is 9.21. The van der Waals surface area contributed by atoms with Gasteiger partial charge in [-0.1, -0.05) is 44.2 Å². The lowest BCUT2D eigenvalue weighted by atomic mass is 9.75. The van der Waals surface area contributed by atoms with Crippen LogP contribution in [0.5, 0.6) is 0 Å². The topological polar surface area (TPSA) is 92.4 Å². The lowest BCUT2D eigenvalue weighted by Crippen LogP contribution is -2.35. The fraction of sp³-hybridized carbons (Fsp3) is 0.440.